The van der Waals surface area contributed by atoms with E-state index in [9.17, 15) is 0 Å². The first-order chi connectivity index (χ1) is 8.72. The Morgan fingerprint density at radius 1 is 1.11 bits per heavy atom. The Bertz CT molecular complexity index is 687. The number of H-pyrrole nitrogens is 1. The van der Waals surface area contributed by atoms with E-state index in [1.807, 2.05) is 18.2 Å². The van der Waals surface area contributed by atoms with Gasteiger partial charge in [-0.25, -0.2) is 15.0 Å². The second-order valence-electron chi connectivity index (χ2n) is 4.20. The second kappa shape index (κ2) is 4.10. The SMILES string of the molecule is Cc1nc(N)c2[nH]c(Cc3ccccc3)nc2n1. The maximum Gasteiger partial charge on any atom is 0.183 e. The first-order valence-electron chi connectivity index (χ1n) is 5.75. The summed E-state index contributed by atoms with van der Waals surface area (Å²) in [6.45, 7) is 1.81. The highest BCUT2D eigenvalue weighted by molar-refractivity contribution is 5.81. The number of aryl methyl sites for hydroxylation is 1. The van der Waals surface area contributed by atoms with Crippen LogP contribution in [0.2, 0.25) is 0 Å². The van der Waals surface area contributed by atoms with Gasteiger partial charge in [-0.15, -0.1) is 0 Å². The van der Waals surface area contributed by atoms with Crippen LogP contribution in [-0.2, 0) is 6.42 Å². The molecule has 0 atom stereocenters. The second-order valence-corrected chi connectivity index (χ2v) is 4.20. The highest BCUT2D eigenvalue weighted by atomic mass is 15.1. The van der Waals surface area contributed by atoms with Gasteiger partial charge in [-0.05, 0) is 12.5 Å². The molecule has 2 heterocycles. The molecule has 3 rings (SSSR count). The lowest BCUT2D eigenvalue weighted by Crippen LogP contribution is -1.96. The number of rotatable bonds is 2. The number of imidazole rings is 1. The van der Waals surface area contributed by atoms with Gasteiger partial charge < -0.3 is 10.7 Å². The van der Waals surface area contributed by atoms with Crippen LogP contribution in [0.25, 0.3) is 11.2 Å². The molecule has 3 N–H and O–H groups in total. The van der Waals surface area contributed by atoms with Crippen LogP contribution in [0.1, 0.15) is 17.2 Å². The lowest BCUT2D eigenvalue weighted by Gasteiger charge is -1.96. The predicted molar refractivity (Wildman–Crippen MR) is 70.1 cm³/mol. The maximum absolute atomic E-state index is 5.84. The number of nitrogens with two attached hydrogens (primary N) is 1. The summed E-state index contributed by atoms with van der Waals surface area (Å²) in [5.74, 6) is 1.94. The quantitative estimate of drug-likeness (QED) is 0.715. The van der Waals surface area contributed by atoms with Crippen molar-refractivity contribution < 1.29 is 0 Å². The number of hydrogen-bond donors (Lipinski definition) is 2. The van der Waals surface area contributed by atoms with Gasteiger partial charge in [-0.2, -0.15) is 0 Å². The summed E-state index contributed by atoms with van der Waals surface area (Å²) in [4.78, 5) is 16.0. The zero-order valence-electron chi connectivity index (χ0n) is 10.0. The Balaban J connectivity index is 2.01. The van der Waals surface area contributed by atoms with Crippen LogP contribution in [0.5, 0.6) is 0 Å². The van der Waals surface area contributed by atoms with Gasteiger partial charge in [0.05, 0.1) is 0 Å². The van der Waals surface area contributed by atoms with E-state index < -0.39 is 0 Å². The van der Waals surface area contributed by atoms with Crippen molar-refractivity contribution in [3.8, 4) is 0 Å². The summed E-state index contributed by atoms with van der Waals surface area (Å²) in [5.41, 5.74) is 8.38. The van der Waals surface area contributed by atoms with Crippen molar-refractivity contribution in [2.45, 2.75) is 13.3 Å². The van der Waals surface area contributed by atoms with Crippen LogP contribution in [0, 0.1) is 6.92 Å². The molecule has 1 aromatic carbocycles. The number of nitrogens with zero attached hydrogens (tertiary/aromatic N) is 3. The summed E-state index contributed by atoms with van der Waals surface area (Å²) in [6, 6.07) is 10.1. The molecule has 0 amide bonds. The van der Waals surface area contributed by atoms with E-state index in [2.05, 4.69) is 32.1 Å². The number of fused-ring (bicyclic) bond motifs is 1. The average Bonchev–Trinajstić information content (AvgIpc) is 2.73. The molecule has 2 aromatic heterocycles. The monoisotopic (exact) mass is 239 g/mol. The molecule has 0 bridgehead atoms. The normalized spacial score (nSPS) is 10.9. The summed E-state index contributed by atoms with van der Waals surface area (Å²) in [7, 11) is 0. The summed E-state index contributed by atoms with van der Waals surface area (Å²) in [5, 5.41) is 0. The summed E-state index contributed by atoms with van der Waals surface area (Å²) >= 11 is 0. The van der Waals surface area contributed by atoms with Crippen molar-refractivity contribution in [3.63, 3.8) is 0 Å². The fraction of sp³-hybridized carbons (Fsp3) is 0.154. The number of aromatic nitrogens is 4. The lowest BCUT2D eigenvalue weighted by molar-refractivity contribution is 1.03. The van der Waals surface area contributed by atoms with Gasteiger partial charge in [0.2, 0.25) is 0 Å². The smallest absolute Gasteiger partial charge is 0.183 e. The first-order valence-corrected chi connectivity index (χ1v) is 5.75. The lowest BCUT2D eigenvalue weighted by atomic mass is 10.1. The molecular weight excluding hydrogens is 226 g/mol. The number of benzene rings is 1. The minimum absolute atomic E-state index is 0.448. The van der Waals surface area contributed by atoms with E-state index in [1.165, 1.54) is 5.56 Å². The third-order valence-electron chi connectivity index (χ3n) is 2.75. The van der Waals surface area contributed by atoms with Crippen molar-refractivity contribution in [2.75, 3.05) is 5.73 Å². The van der Waals surface area contributed by atoms with E-state index in [4.69, 9.17) is 5.73 Å². The molecule has 0 fully saturated rings. The molecule has 0 saturated carbocycles. The van der Waals surface area contributed by atoms with Crippen LogP contribution in [0.3, 0.4) is 0 Å². The zero-order valence-corrected chi connectivity index (χ0v) is 10.0. The highest BCUT2D eigenvalue weighted by Crippen LogP contribution is 2.16. The molecule has 0 unspecified atom stereocenters. The molecule has 18 heavy (non-hydrogen) atoms. The van der Waals surface area contributed by atoms with Crippen molar-refractivity contribution in [2.24, 2.45) is 0 Å². The predicted octanol–water partition coefficient (Wildman–Crippen LogP) is 1.83. The maximum atomic E-state index is 5.84. The Morgan fingerprint density at radius 3 is 2.67 bits per heavy atom. The fourth-order valence-electron chi connectivity index (χ4n) is 1.95. The molecule has 90 valence electrons. The van der Waals surface area contributed by atoms with Gasteiger partial charge in [0, 0.05) is 6.42 Å². The van der Waals surface area contributed by atoms with E-state index in [0.29, 0.717) is 22.8 Å². The van der Waals surface area contributed by atoms with E-state index in [0.717, 1.165) is 12.2 Å². The number of anilines is 1. The molecule has 0 spiro atoms. The van der Waals surface area contributed by atoms with E-state index in [1.54, 1.807) is 6.92 Å². The van der Waals surface area contributed by atoms with Crippen LogP contribution in [0.4, 0.5) is 5.82 Å². The van der Waals surface area contributed by atoms with Gasteiger partial charge in [-0.1, -0.05) is 30.3 Å². The standard InChI is InChI=1S/C13H13N5/c1-8-15-12(14)11-13(16-8)18-10(17-11)7-9-5-3-2-4-6-9/h2-6H,7H2,1H3,(H3,14,15,16,17,18). The van der Waals surface area contributed by atoms with Crippen LogP contribution >= 0.6 is 0 Å². The number of aromatic amines is 1. The van der Waals surface area contributed by atoms with Crippen molar-refractivity contribution >= 4 is 17.0 Å². The average molecular weight is 239 g/mol. The van der Waals surface area contributed by atoms with Gasteiger partial charge in [0.15, 0.2) is 11.5 Å². The number of nitrogen functional groups attached to an aromatic ring is 1. The minimum Gasteiger partial charge on any atom is -0.382 e. The summed E-state index contributed by atoms with van der Waals surface area (Å²) in [6.07, 6.45) is 0.732. The fourth-order valence-corrected chi connectivity index (χ4v) is 1.95. The van der Waals surface area contributed by atoms with Crippen molar-refractivity contribution in [1.29, 1.82) is 0 Å². The Hall–Kier alpha value is -2.43. The largest absolute Gasteiger partial charge is 0.382 e. The van der Waals surface area contributed by atoms with Crippen LogP contribution < -0.4 is 5.73 Å². The Kier molecular flexibility index (Phi) is 2.44. The first kappa shape index (κ1) is 10.7. The van der Waals surface area contributed by atoms with Crippen LogP contribution in [-0.4, -0.2) is 19.9 Å². The molecule has 3 aromatic rings. The van der Waals surface area contributed by atoms with Gasteiger partial charge >= 0.3 is 0 Å². The minimum atomic E-state index is 0.448. The molecule has 0 aliphatic carbocycles. The number of nitrogens with one attached hydrogen (secondary N) is 1. The van der Waals surface area contributed by atoms with Crippen molar-refractivity contribution in [1.82, 2.24) is 19.9 Å². The van der Waals surface area contributed by atoms with Gasteiger partial charge in [0.1, 0.15) is 17.2 Å². The van der Waals surface area contributed by atoms with Gasteiger partial charge in [0.25, 0.3) is 0 Å². The molecule has 0 saturated heterocycles. The molecule has 0 aliphatic heterocycles. The Labute approximate surface area is 104 Å². The van der Waals surface area contributed by atoms with Gasteiger partial charge in [-0.3, -0.25) is 0 Å². The van der Waals surface area contributed by atoms with E-state index in [-0.39, 0.29) is 0 Å². The Morgan fingerprint density at radius 2 is 1.89 bits per heavy atom. The van der Waals surface area contributed by atoms with Crippen molar-refractivity contribution in [3.05, 3.63) is 47.5 Å². The molecule has 5 nitrogen and oxygen atoms in total. The number of hydrogen-bond acceptors (Lipinski definition) is 4. The third-order valence-corrected chi connectivity index (χ3v) is 2.75. The van der Waals surface area contributed by atoms with E-state index >= 15 is 0 Å². The molecule has 0 aliphatic rings. The molecule has 5 heteroatoms. The third kappa shape index (κ3) is 1.90. The topological polar surface area (TPSA) is 80.5 Å². The highest BCUT2D eigenvalue weighted by Gasteiger charge is 2.09. The molecular formula is C13H13N5. The molecule has 0 radical (unpaired) electrons. The van der Waals surface area contributed by atoms with Crippen LogP contribution in [0.15, 0.2) is 30.3 Å². The zero-order chi connectivity index (χ0) is 12.5. The summed E-state index contributed by atoms with van der Waals surface area (Å²) < 4.78 is 0.